The molecule has 0 aliphatic heterocycles. The minimum atomic E-state index is 0.332. The molecule has 116 valence electrons. The Kier molecular flexibility index (Phi) is 8.45. The molecule has 1 fully saturated rings. The van der Waals surface area contributed by atoms with E-state index in [1.165, 1.54) is 12.8 Å². The number of hydrogen-bond donors (Lipinski definition) is 0. The normalized spacial score (nSPS) is 19.4. The van der Waals surface area contributed by atoms with Crippen LogP contribution in [0.25, 0.3) is 0 Å². The zero-order valence-corrected chi connectivity index (χ0v) is 13.6. The molecule has 2 rings (SSSR count). The van der Waals surface area contributed by atoms with E-state index in [0.717, 1.165) is 24.5 Å². The first-order chi connectivity index (χ1) is 10.2. The molecule has 1 heterocycles. The van der Waals surface area contributed by atoms with Crippen molar-refractivity contribution < 1.29 is 9.47 Å². The summed E-state index contributed by atoms with van der Waals surface area (Å²) in [4.78, 5) is 8.23. The van der Waals surface area contributed by atoms with Crippen LogP contribution in [0.1, 0.15) is 52.3 Å². The number of unbranched alkanes of at least 4 members (excludes halogenated alkanes) is 1. The van der Waals surface area contributed by atoms with Crippen molar-refractivity contribution in [1.29, 1.82) is 0 Å². The number of methoxy groups -OCH3 is 1. The van der Waals surface area contributed by atoms with Crippen molar-refractivity contribution in [2.24, 2.45) is 5.92 Å². The Morgan fingerprint density at radius 1 is 1.19 bits per heavy atom. The van der Waals surface area contributed by atoms with Crippen LogP contribution < -0.4 is 4.74 Å². The molecular weight excluding hydrogens is 264 g/mol. The molecule has 0 atom stereocenters. The van der Waals surface area contributed by atoms with Gasteiger partial charge >= 0.3 is 0 Å². The maximum Gasteiger partial charge on any atom is 0.205 e. The summed E-state index contributed by atoms with van der Waals surface area (Å²) >= 11 is 0. The second-order valence-electron chi connectivity index (χ2n) is 5.29. The van der Waals surface area contributed by atoms with Crippen molar-refractivity contribution in [2.75, 3.05) is 13.7 Å². The lowest BCUT2D eigenvalue weighted by molar-refractivity contribution is 0.0731. The largest absolute Gasteiger partial charge is 0.487 e. The summed E-state index contributed by atoms with van der Waals surface area (Å²) in [5, 5.41) is 0. The summed E-state index contributed by atoms with van der Waals surface area (Å²) in [5.74, 6) is 7.61. The van der Waals surface area contributed by atoms with E-state index in [2.05, 4.69) is 42.6 Å². The molecule has 0 amide bonds. The SMILES string of the molecule is CCCC.COCC#Cc1ncc(OC2CC(C)C2)cn1. The Labute approximate surface area is 128 Å². The Bertz CT molecular complexity index is 440. The Hall–Kier alpha value is -1.60. The van der Waals surface area contributed by atoms with Gasteiger partial charge in [-0.05, 0) is 24.7 Å². The van der Waals surface area contributed by atoms with Crippen LogP contribution >= 0.6 is 0 Å². The molecule has 0 aromatic carbocycles. The fourth-order valence-corrected chi connectivity index (χ4v) is 1.75. The van der Waals surface area contributed by atoms with Crippen LogP contribution in [0.15, 0.2) is 12.4 Å². The molecule has 0 radical (unpaired) electrons. The highest BCUT2D eigenvalue weighted by atomic mass is 16.5. The lowest BCUT2D eigenvalue weighted by Gasteiger charge is -2.32. The smallest absolute Gasteiger partial charge is 0.205 e. The summed E-state index contributed by atoms with van der Waals surface area (Å²) in [7, 11) is 1.60. The monoisotopic (exact) mass is 290 g/mol. The van der Waals surface area contributed by atoms with E-state index in [4.69, 9.17) is 9.47 Å². The van der Waals surface area contributed by atoms with Gasteiger partial charge in [0.25, 0.3) is 0 Å². The molecule has 0 unspecified atom stereocenters. The Morgan fingerprint density at radius 2 is 1.81 bits per heavy atom. The van der Waals surface area contributed by atoms with E-state index in [1.54, 1.807) is 19.5 Å². The standard InChI is InChI=1S/C13H16N2O2.C4H10/c1-10-6-11(7-10)17-12-8-14-13(15-9-12)4-3-5-16-2;1-3-4-2/h8-11H,5-7H2,1-2H3;3-4H2,1-2H3. The minimum absolute atomic E-state index is 0.332. The van der Waals surface area contributed by atoms with Crippen LogP contribution in [-0.2, 0) is 4.74 Å². The molecule has 1 aliphatic rings. The van der Waals surface area contributed by atoms with E-state index >= 15 is 0 Å². The molecule has 0 N–H and O–H groups in total. The van der Waals surface area contributed by atoms with Gasteiger partial charge in [0, 0.05) is 7.11 Å². The van der Waals surface area contributed by atoms with Gasteiger partial charge < -0.3 is 9.47 Å². The zero-order chi connectivity index (χ0) is 15.5. The Morgan fingerprint density at radius 3 is 2.29 bits per heavy atom. The van der Waals surface area contributed by atoms with Crippen LogP contribution in [0, 0.1) is 17.8 Å². The minimum Gasteiger partial charge on any atom is -0.487 e. The average molecular weight is 290 g/mol. The van der Waals surface area contributed by atoms with Gasteiger partial charge in [-0.1, -0.05) is 39.5 Å². The highest BCUT2D eigenvalue weighted by molar-refractivity contribution is 5.23. The predicted octanol–water partition coefficient (Wildman–Crippen LogP) is 3.46. The van der Waals surface area contributed by atoms with E-state index < -0.39 is 0 Å². The lowest BCUT2D eigenvalue weighted by atomic mass is 9.84. The summed E-state index contributed by atoms with van der Waals surface area (Å²) in [6.45, 7) is 6.98. The van der Waals surface area contributed by atoms with Gasteiger partial charge in [0.05, 0.1) is 18.5 Å². The molecule has 1 aliphatic carbocycles. The molecule has 4 heteroatoms. The van der Waals surface area contributed by atoms with Crippen LogP contribution in [0.4, 0.5) is 0 Å². The van der Waals surface area contributed by atoms with Crippen LogP contribution in [0.2, 0.25) is 0 Å². The van der Waals surface area contributed by atoms with Crippen molar-refractivity contribution in [2.45, 2.75) is 52.6 Å². The molecule has 1 saturated carbocycles. The first-order valence-electron chi connectivity index (χ1n) is 7.66. The predicted molar refractivity (Wildman–Crippen MR) is 84.2 cm³/mol. The van der Waals surface area contributed by atoms with Gasteiger partial charge in [-0.3, -0.25) is 0 Å². The number of ether oxygens (including phenoxy) is 2. The third kappa shape index (κ3) is 7.10. The van der Waals surface area contributed by atoms with E-state index in [9.17, 15) is 0 Å². The maximum absolute atomic E-state index is 5.70. The van der Waals surface area contributed by atoms with Gasteiger partial charge in [-0.2, -0.15) is 0 Å². The number of nitrogens with zero attached hydrogens (tertiary/aromatic N) is 2. The zero-order valence-electron chi connectivity index (χ0n) is 13.6. The molecular formula is C17H26N2O2. The van der Waals surface area contributed by atoms with E-state index in [-0.39, 0.29) is 0 Å². The fourth-order valence-electron chi connectivity index (χ4n) is 1.75. The van der Waals surface area contributed by atoms with Crippen molar-refractivity contribution in [1.82, 2.24) is 9.97 Å². The second kappa shape index (κ2) is 10.2. The van der Waals surface area contributed by atoms with Crippen molar-refractivity contribution in [3.8, 4) is 17.6 Å². The Balaban J connectivity index is 0.000000491. The highest BCUT2D eigenvalue weighted by Crippen LogP contribution is 2.30. The van der Waals surface area contributed by atoms with Crippen LogP contribution in [0.3, 0.4) is 0 Å². The lowest BCUT2D eigenvalue weighted by Crippen LogP contribution is -2.31. The molecule has 1 aromatic rings. The van der Waals surface area contributed by atoms with Crippen LogP contribution in [0.5, 0.6) is 5.75 Å². The number of hydrogen-bond acceptors (Lipinski definition) is 4. The van der Waals surface area contributed by atoms with Crippen molar-refractivity contribution in [3.63, 3.8) is 0 Å². The summed E-state index contributed by atoms with van der Waals surface area (Å²) < 4.78 is 10.5. The fraction of sp³-hybridized carbons (Fsp3) is 0.647. The second-order valence-corrected chi connectivity index (χ2v) is 5.29. The molecule has 4 nitrogen and oxygen atoms in total. The third-order valence-electron chi connectivity index (χ3n) is 3.18. The van der Waals surface area contributed by atoms with Gasteiger partial charge in [-0.15, -0.1) is 0 Å². The molecule has 21 heavy (non-hydrogen) atoms. The topological polar surface area (TPSA) is 44.2 Å². The first-order valence-corrected chi connectivity index (χ1v) is 7.66. The van der Waals surface area contributed by atoms with Crippen molar-refractivity contribution in [3.05, 3.63) is 18.2 Å². The van der Waals surface area contributed by atoms with Gasteiger partial charge in [-0.25, -0.2) is 9.97 Å². The molecule has 0 bridgehead atoms. The first kappa shape index (κ1) is 17.5. The number of aromatic nitrogens is 2. The van der Waals surface area contributed by atoms with Gasteiger partial charge in [0.15, 0.2) is 5.75 Å². The number of rotatable bonds is 4. The van der Waals surface area contributed by atoms with Gasteiger partial charge in [0.1, 0.15) is 6.61 Å². The maximum atomic E-state index is 5.70. The average Bonchev–Trinajstić information content (AvgIpc) is 2.48. The van der Waals surface area contributed by atoms with Gasteiger partial charge in [0.2, 0.25) is 5.82 Å². The van der Waals surface area contributed by atoms with E-state index in [0.29, 0.717) is 18.5 Å². The molecule has 0 saturated heterocycles. The summed E-state index contributed by atoms with van der Waals surface area (Å²) in [6, 6.07) is 0. The summed E-state index contributed by atoms with van der Waals surface area (Å²) in [5.41, 5.74) is 0. The van der Waals surface area contributed by atoms with Crippen molar-refractivity contribution >= 4 is 0 Å². The third-order valence-corrected chi connectivity index (χ3v) is 3.18. The summed E-state index contributed by atoms with van der Waals surface area (Å²) in [6.07, 6.45) is 8.56. The highest BCUT2D eigenvalue weighted by Gasteiger charge is 2.27. The molecule has 0 spiro atoms. The van der Waals surface area contributed by atoms with Crippen LogP contribution in [-0.4, -0.2) is 29.8 Å². The quantitative estimate of drug-likeness (QED) is 0.797. The van der Waals surface area contributed by atoms with E-state index in [1.807, 2.05) is 0 Å². The molecule has 1 aromatic heterocycles.